The zero-order chi connectivity index (χ0) is 13.8. The van der Waals surface area contributed by atoms with Crippen LogP contribution in [-0.2, 0) is 0 Å². The van der Waals surface area contributed by atoms with Crippen molar-refractivity contribution in [3.05, 3.63) is 23.8 Å². The van der Waals surface area contributed by atoms with Crippen LogP contribution in [-0.4, -0.2) is 34.9 Å². The molecule has 6 nitrogen and oxygen atoms in total. The fraction of sp³-hybridized carbons (Fsp3) is 0.417. The van der Waals surface area contributed by atoms with Crippen molar-refractivity contribution in [1.82, 2.24) is 5.32 Å². The highest BCUT2D eigenvalue weighted by Gasteiger charge is 2.29. The van der Waals surface area contributed by atoms with Crippen molar-refractivity contribution in [3.63, 3.8) is 0 Å². The Balaban J connectivity index is 2.94. The first kappa shape index (κ1) is 14.3. The lowest BCUT2D eigenvalue weighted by Crippen LogP contribution is -2.53. The summed E-state index contributed by atoms with van der Waals surface area (Å²) < 4.78 is 0. The molecule has 0 fully saturated rings. The predicted octanol–water partition coefficient (Wildman–Crippen LogP) is -0.286. The number of amides is 1. The molecule has 6 heteroatoms. The monoisotopic (exact) mass is 253 g/mol. The highest BCUT2D eigenvalue weighted by Crippen LogP contribution is 2.17. The normalized spacial score (nSPS) is 11.3. The van der Waals surface area contributed by atoms with E-state index in [-0.39, 0.29) is 24.5 Å². The summed E-state index contributed by atoms with van der Waals surface area (Å²) in [6, 6.07) is 4.56. The van der Waals surface area contributed by atoms with E-state index in [1.165, 1.54) is 12.1 Å². The third kappa shape index (κ3) is 2.91. The number of rotatable bonds is 5. The first-order chi connectivity index (χ1) is 8.48. The average molecular weight is 253 g/mol. The van der Waals surface area contributed by atoms with Crippen LogP contribution in [0.1, 0.15) is 23.7 Å². The molecule has 0 saturated carbocycles. The summed E-state index contributed by atoms with van der Waals surface area (Å²) in [7, 11) is 0. The van der Waals surface area contributed by atoms with Gasteiger partial charge in [0.1, 0.15) is 0 Å². The van der Waals surface area contributed by atoms with E-state index in [9.17, 15) is 15.0 Å². The topological polar surface area (TPSA) is 122 Å². The summed E-state index contributed by atoms with van der Waals surface area (Å²) >= 11 is 0. The molecule has 7 N–H and O–H groups in total. The summed E-state index contributed by atoms with van der Waals surface area (Å²) in [5.41, 5.74) is 11.2. The number of hydrogen-bond donors (Lipinski definition) is 5. The summed E-state index contributed by atoms with van der Waals surface area (Å²) in [5.74, 6) is -0.447. The molecule has 1 aromatic carbocycles. The van der Waals surface area contributed by atoms with Crippen molar-refractivity contribution in [2.45, 2.75) is 18.9 Å². The smallest absolute Gasteiger partial charge is 0.253 e. The van der Waals surface area contributed by atoms with Gasteiger partial charge in [0.05, 0.1) is 24.3 Å². The van der Waals surface area contributed by atoms with Crippen molar-refractivity contribution in [3.8, 4) is 0 Å². The van der Waals surface area contributed by atoms with E-state index in [4.69, 9.17) is 11.5 Å². The van der Waals surface area contributed by atoms with E-state index in [0.29, 0.717) is 12.1 Å². The van der Waals surface area contributed by atoms with Crippen LogP contribution in [0.15, 0.2) is 18.2 Å². The molecule has 0 aliphatic rings. The van der Waals surface area contributed by atoms with E-state index in [1.807, 2.05) is 0 Å². The number of aliphatic hydroxyl groups is 2. The van der Waals surface area contributed by atoms with Gasteiger partial charge < -0.3 is 27.0 Å². The van der Waals surface area contributed by atoms with Crippen molar-refractivity contribution in [1.29, 1.82) is 0 Å². The van der Waals surface area contributed by atoms with Crippen molar-refractivity contribution < 1.29 is 15.0 Å². The third-order valence-electron chi connectivity index (χ3n) is 2.98. The fourth-order valence-corrected chi connectivity index (χ4v) is 1.54. The number of nitrogen functional groups attached to an aromatic ring is 2. The van der Waals surface area contributed by atoms with Crippen molar-refractivity contribution >= 4 is 17.3 Å². The molecule has 0 atom stereocenters. The minimum atomic E-state index is -1.04. The lowest BCUT2D eigenvalue weighted by atomic mass is 9.97. The van der Waals surface area contributed by atoms with Crippen LogP contribution in [0.3, 0.4) is 0 Å². The molecule has 0 aromatic heterocycles. The Kier molecular flexibility index (Phi) is 4.52. The molecule has 1 amide bonds. The van der Waals surface area contributed by atoms with Crippen LogP contribution in [0.4, 0.5) is 11.4 Å². The maximum Gasteiger partial charge on any atom is 0.253 e. The second kappa shape index (κ2) is 5.70. The van der Waals surface area contributed by atoms with Crippen LogP contribution < -0.4 is 16.8 Å². The number of aliphatic hydroxyl groups excluding tert-OH is 2. The minimum Gasteiger partial charge on any atom is -0.399 e. The minimum absolute atomic E-state index is 0.258. The quantitative estimate of drug-likeness (QED) is 0.462. The van der Waals surface area contributed by atoms with Gasteiger partial charge in [0.2, 0.25) is 0 Å². The van der Waals surface area contributed by atoms with Crippen LogP contribution >= 0.6 is 0 Å². The first-order valence-corrected chi connectivity index (χ1v) is 5.67. The largest absolute Gasteiger partial charge is 0.399 e. The van der Waals surface area contributed by atoms with Crippen molar-refractivity contribution in [2.75, 3.05) is 24.7 Å². The average Bonchev–Trinajstić information content (AvgIpc) is 2.36. The highest BCUT2D eigenvalue weighted by atomic mass is 16.3. The third-order valence-corrected chi connectivity index (χ3v) is 2.98. The molecule has 1 rings (SSSR count). The van der Waals surface area contributed by atoms with Crippen LogP contribution in [0.2, 0.25) is 0 Å². The standard InChI is InChI=1S/C12H19N3O3/c1-2-12(6-16,7-17)15-11(18)9-4-3-8(13)5-10(9)14/h3-5,16-17H,2,6-7,13-14H2,1H3,(H,15,18). The molecule has 0 aliphatic heterocycles. The predicted molar refractivity (Wildman–Crippen MR) is 69.9 cm³/mol. The molecule has 1 aromatic rings. The number of nitrogens with two attached hydrogens (primary N) is 2. The van der Waals surface area contributed by atoms with Gasteiger partial charge in [-0.3, -0.25) is 4.79 Å². The van der Waals surface area contributed by atoms with Gasteiger partial charge in [-0.1, -0.05) is 6.92 Å². The Hall–Kier alpha value is -1.79. The van der Waals surface area contributed by atoms with Gasteiger partial charge in [-0.05, 0) is 24.6 Å². The van der Waals surface area contributed by atoms with Gasteiger partial charge in [0.25, 0.3) is 5.91 Å². The number of anilines is 2. The van der Waals surface area contributed by atoms with E-state index in [0.717, 1.165) is 0 Å². The highest BCUT2D eigenvalue weighted by molar-refractivity contribution is 6.00. The number of hydrogen-bond acceptors (Lipinski definition) is 5. The Morgan fingerprint density at radius 3 is 2.39 bits per heavy atom. The van der Waals surface area contributed by atoms with Gasteiger partial charge in [0.15, 0.2) is 0 Å². The first-order valence-electron chi connectivity index (χ1n) is 5.67. The van der Waals surface area contributed by atoms with Crippen molar-refractivity contribution in [2.24, 2.45) is 0 Å². The molecular formula is C12H19N3O3. The zero-order valence-corrected chi connectivity index (χ0v) is 10.3. The van der Waals surface area contributed by atoms with Crippen LogP contribution in [0.25, 0.3) is 0 Å². The number of carbonyl (C=O) groups excluding carboxylic acids is 1. The Bertz CT molecular complexity index is 422. The molecule has 100 valence electrons. The Labute approximate surface area is 106 Å². The lowest BCUT2D eigenvalue weighted by molar-refractivity contribution is 0.0653. The van der Waals surface area contributed by atoms with Gasteiger partial charge in [-0.25, -0.2) is 0 Å². The molecule has 0 aliphatic carbocycles. The maximum atomic E-state index is 12.0. The second-order valence-corrected chi connectivity index (χ2v) is 4.25. The second-order valence-electron chi connectivity index (χ2n) is 4.25. The Morgan fingerprint density at radius 2 is 1.94 bits per heavy atom. The number of carbonyl (C=O) groups is 1. The molecule has 0 bridgehead atoms. The number of benzene rings is 1. The molecule has 0 radical (unpaired) electrons. The molecule has 0 spiro atoms. The van der Waals surface area contributed by atoms with Crippen LogP contribution in [0, 0.1) is 0 Å². The molecule has 18 heavy (non-hydrogen) atoms. The molecule has 0 heterocycles. The summed E-state index contributed by atoms with van der Waals surface area (Å²) in [5, 5.41) is 21.1. The van der Waals surface area contributed by atoms with Gasteiger partial charge >= 0.3 is 0 Å². The fourth-order valence-electron chi connectivity index (χ4n) is 1.54. The van der Waals surface area contributed by atoms with Gasteiger partial charge in [-0.2, -0.15) is 0 Å². The summed E-state index contributed by atoms with van der Waals surface area (Å²) in [6.07, 6.45) is 0.403. The van der Waals surface area contributed by atoms with Gasteiger partial charge in [0, 0.05) is 11.4 Å². The maximum absolute atomic E-state index is 12.0. The van der Waals surface area contributed by atoms with E-state index < -0.39 is 11.4 Å². The molecule has 0 unspecified atom stereocenters. The summed E-state index contributed by atoms with van der Waals surface area (Å²) in [6.45, 7) is 1.07. The SMILES string of the molecule is CCC(CO)(CO)NC(=O)c1ccc(N)cc1N. The summed E-state index contributed by atoms with van der Waals surface area (Å²) in [4.78, 5) is 12.0. The lowest BCUT2D eigenvalue weighted by Gasteiger charge is -2.29. The number of nitrogens with one attached hydrogen (secondary N) is 1. The Morgan fingerprint density at radius 1 is 1.33 bits per heavy atom. The van der Waals surface area contributed by atoms with E-state index in [2.05, 4.69) is 5.32 Å². The van der Waals surface area contributed by atoms with Crippen LogP contribution in [0.5, 0.6) is 0 Å². The van der Waals surface area contributed by atoms with Gasteiger partial charge in [-0.15, -0.1) is 0 Å². The molecular weight excluding hydrogens is 234 g/mol. The van der Waals surface area contributed by atoms with E-state index in [1.54, 1.807) is 13.0 Å². The zero-order valence-electron chi connectivity index (χ0n) is 10.3. The van der Waals surface area contributed by atoms with E-state index >= 15 is 0 Å². The molecule has 0 saturated heterocycles.